The van der Waals surface area contributed by atoms with Crippen LogP contribution in [0.2, 0.25) is 0 Å². The minimum atomic E-state index is -0.469. The van der Waals surface area contributed by atoms with E-state index in [1.54, 1.807) is 6.92 Å². The minimum Gasteiger partial charge on any atom is -0.507 e. The first-order chi connectivity index (χ1) is 11.0. The third kappa shape index (κ3) is 3.11. The van der Waals surface area contributed by atoms with Gasteiger partial charge in [-0.1, -0.05) is 0 Å². The van der Waals surface area contributed by atoms with Crippen LogP contribution in [-0.2, 0) is 4.79 Å². The topological polar surface area (TPSA) is 73.1 Å². The standard InChI is InChI=1S/C16H17FN2O3S/c1-9-5-11(17)6-10(14(9)21)7-13-15(22)18-16(23-13)19-4-2-3-12(19)8-20/h5-7,12,20-21H,2-4,8H2,1H3/b13-7-/t12-/m0/s1. The maximum atomic E-state index is 13.5. The first kappa shape index (κ1) is 16.0. The highest BCUT2D eigenvalue weighted by Crippen LogP contribution is 2.35. The van der Waals surface area contributed by atoms with E-state index in [1.807, 2.05) is 4.90 Å². The van der Waals surface area contributed by atoms with Gasteiger partial charge in [-0.3, -0.25) is 4.79 Å². The molecule has 23 heavy (non-hydrogen) atoms. The molecule has 0 aromatic heterocycles. The molecule has 2 N–H and O–H groups in total. The number of halogens is 1. The van der Waals surface area contributed by atoms with Crippen LogP contribution in [0, 0.1) is 12.7 Å². The van der Waals surface area contributed by atoms with Crippen molar-refractivity contribution in [2.24, 2.45) is 4.99 Å². The van der Waals surface area contributed by atoms with E-state index >= 15 is 0 Å². The number of hydrogen-bond acceptors (Lipinski definition) is 5. The Labute approximate surface area is 137 Å². The molecule has 1 saturated heterocycles. The maximum absolute atomic E-state index is 13.5. The van der Waals surface area contributed by atoms with E-state index in [0.29, 0.717) is 15.6 Å². The Morgan fingerprint density at radius 1 is 1.52 bits per heavy atom. The zero-order valence-electron chi connectivity index (χ0n) is 12.6. The summed E-state index contributed by atoms with van der Waals surface area (Å²) < 4.78 is 13.5. The Morgan fingerprint density at radius 3 is 3.04 bits per heavy atom. The number of aliphatic imine (C=N–C) groups is 1. The number of carbonyl (C=O) groups is 1. The van der Waals surface area contributed by atoms with Crippen LogP contribution in [0.4, 0.5) is 4.39 Å². The van der Waals surface area contributed by atoms with Crippen molar-refractivity contribution in [3.8, 4) is 5.75 Å². The number of benzene rings is 1. The zero-order valence-corrected chi connectivity index (χ0v) is 13.4. The van der Waals surface area contributed by atoms with Crippen molar-refractivity contribution in [2.75, 3.05) is 13.2 Å². The number of carbonyl (C=O) groups excluding carboxylic acids is 1. The van der Waals surface area contributed by atoms with Crippen molar-refractivity contribution < 1.29 is 19.4 Å². The number of rotatable bonds is 2. The van der Waals surface area contributed by atoms with Gasteiger partial charge in [0.05, 0.1) is 17.6 Å². The van der Waals surface area contributed by atoms with E-state index in [2.05, 4.69) is 4.99 Å². The van der Waals surface area contributed by atoms with Crippen molar-refractivity contribution in [3.63, 3.8) is 0 Å². The van der Waals surface area contributed by atoms with E-state index in [4.69, 9.17) is 0 Å². The minimum absolute atomic E-state index is 0.0155. The van der Waals surface area contributed by atoms with Gasteiger partial charge in [0.1, 0.15) is 11.6 Å². The molecule has 1 fully saturated rings. The second-order valence-corrected chi connectivity index (χ2v) is 6.65. The van der Waals surface area contributed by atoms with Crippen molar-refractivity contribution >= 4 is 28.9 Å². The van der Waals surface area contributed by atoms with Gasteiger partial charge in [-0.15, -0.1) is 0 Å². The molecule has 3 rings (SSSR count). The molecule has 0 radical (unpaired) electrons. The van der Waals surface area contributed by atoms with E-state index in [1.165, 1.54) is 30.0 Å². The van der Waals surface area contributed by atoms with Crippen LogP contribution >= 0.6 is 11.8 Å². The monoisotopic (exact) mass is 336 g/mol. The highest BCUT2D eigenvalue weighted by atomic mass is 32.2. The molecule has 1 aromatic carbocycles. The number of aryl methyl sites for hydroxylation is 1. The summed E-state index contributed by atoms with van der Waals surface area (Å²) in [5, 5.41) is 20.0. The van der Waals surface area contributed by atoms with Gasteiger partial charge >= 0.3 is 0 Å². The third-order valence-electron chi connectivity index (χ3n) is 4.02. The average Bonchev–Trinajstić information content (AvgIpc) is 3.11. The summed E-state index contributed by atoms with van der Waals surface area (Å²) in [5.41, 5.74) is 0.670. The lowest BCUT2D eigenvalue weighted by molar-refractivity contribution is -0.113. The Bertz CT molecular complexity index is 718. The van der Waals surface area contributed by atoms with E-state index < -0.39 is 11.7 Å². The lowest BCUT2D eigenvalue weighted by Crippen LogP contribution is -2.35. The predicted octanol–water partition coefficient (Wildman–Crippen LogP) is 2.27. The molecule has 2 aliphatic rings. The van der Waals surface area contributed by atoms with Gasteiger partial charge in [-0.2, -0.15) is 4.99 Å². The lowest BCUT2D eigenvalue weighted by atomic mass is 10.1. The maximum Gasteiger partial charge on any atom is 0.286 e. The number of hydrogen-bond donors (Lipinski definition) is 2. The van der Waals surface area contributed by atoms with Crippen molar-refractivity contribution in [2.45, 2.75) is 25.8 Å². The summed E-state index contributed by atoms with van der Waals surface area (Å²) in [6.45, 7) is 2.38. The van der Waals surface area contributed by atoms with Gasteiger partial charge in [0.25, 0.3) is 5.91 Å². The molecule has 0 unspecified atom stereocenters. The summed E-state index contributed by atoms with van der Waals surface area (Å²) in [6, 6.07) is 2.41. The molecular formula is C16H17FN2O3S. The SMILES string of the molecule is Cc1cc(F)cc(/C=C2\SC(N3CCC[C@H]3CO)=NC2=O)c1O. The summed E-state index contributed by atoms with van der Waals surface area (Å²) in [5.74, 6) is -0.923. The number of nitrogens with zero attached hydrogens (tertiary/aromatic N) is 2. The second kappa shape index (κ2) is 6.33. The number of amidine groups is 1. The Hall–Kier alpha value is -1.86. The molecule has 1 aromatic rings. The quantitative estimate of drug-likeness (QED) is 0.811. The van der Waals surface area contributed by atoms with Crippen molar-refractivity contribution in [1.29, 1.82) is 0 Å². The van der Waals surface area contributed by atoms with Gasteiger partial charge in [-0.25, -0.2) is 4.39 Å². The predicted molar refractivity (Wildman–Crippen MR) is 87.6 cm³/mol. The molecule has 2 heterocycles. The molecule has 0 saturated carbocycles. The molecule has 2 aliphatic heterocycles. The summed E-state index contributed by atoms with van der Waals surface area (Å²) in [6.07, 6.45) is 3.27. The highest BCUT2D eigenvalue weighted by Gasteiger charge is 2.32. The van der Waals surface area contributed by atoms with Crippen LogP contribution in [0.3, 0.4) is 0 Å². The number of thioether (sulfide) groups is 1. The summed E-state index contributed by atoms with van der Waals surface area (Å²) in [4.78, 5) is 18.4. The highest BCUT2D eigenvalue weighted by molar-refractivity contribution is 8.18. The Morgan fingerprint density at radius 2 is 2.30 bits per heavy atom. The number of aliphatic hydroxyl groups excluding tert-OH is 1. The van der Waals surface area contributed by atoms with Crippen LogP contribution in [0.15, 0.2) is 22.0 Å². The molecule has 0 bridgehead atoms. The van der Waals surface area contributed by atoms with Gasteiger partial charge in [-0.05, 0) is 55.3 Å². The van der Waals surface area contributed by atoms with Gasteiger partial charge in [0.2, 0.25) is 0 Å². The second-order valence-electron chi connectivity index (χ2n) is 5.64. The number of aromatic hydroxyl groups is 1. The van der Waals surface area contributed by atoms with Crippen LogP contribution in [0.5, 0.6) is 5.75 Å². The lowest BCUT2D eigenvalue weighted by Gasteiger charge is -2.23. The fourth-order valence-electron chi connectivity index (χ4n) is 2.81. The van der Waals surface area contributed by atoms with E-state index in [9.17, 15) is 19.4 Å². The van der Waals surface area contributed by atoms with Gasteiger partial charge in [0, 0.05) is 12.1 Å². The first-order valence-corrected chi connectivity index (χ1v) is 8.20. The number of aliphatic hydroxyl groups is 1. The Balaban J connectivity index is 1.85. The normalized spacial score (nSPS) is 23.0. The summed E-state index contributed by atoms with van der Waals surface area (Å²) in [7, 11) is 0. The number of amides is 1. The van der Waals surface area contributed by atoms with Crippen LogP contribution in [0.1, 0.15) is 24.0 Å². The number of phenols is 1. The van der Waals surface area contributed by atoms with Crippen molar-refractivity contribution in [3.05, 3.63) is 34.0 Å². The van der Waals surface area contributed by atoms with Crippen LogP contribution in [-0.4, -0.2) is 45.4 Å². The molecule has 0 spiro atoms. The first-order valence-electron chi connectivity index (χ1n) is 7.38. The smallest absolute Gasteiger partial charge is 0.286 e. The molecule has 1 amide bonds. The zero-order chi connectivity index (χ0) is 16.6. The fraction of sp³-hybridized carbons (Fsp3) is 0.375. The Kier molecular flexibility index (Phi) is 4.41. The van der Waals surface area contributed by atoms with Crippen molar-refractivity contribution in [1.82, 2.24) is 4.90 Å². The molecular weight excluding hydrogens is 319 g/mol. The van der Waals surface area contributed by atoms with E-state index in [-0.39, 0.29) is 24.0 Å². The molecule has 1 atom stereocenters. The molecule has 7 heteroatoms. The largest absolute Gasteiger partial charge is 0.507 e. The molecule has 5 nitrogen and oxygen atoms in total. The fourth-order valence-corrected chi connectivity index (χ4v) is 3.81. The van der Waals surface area contributed by atoms with Crippen LogP contribution < -0.4 is 0 Å². The van der Waals surface area contributed by atoms with Gasteiger partial charge in [0.15, 0.2) is 5.17 Å². The molecule has 0 aliphatic carbocycles. The number of phenolic OH excluding ortho intramolecular Hbond substituents is 1. The average molecular weight is 336 g/mol. The summed E-state index contributed by atoms with van der Waals surface area (Å²) >= 11 is 1.19. The van der Waals surface area contributed by atoms with Gasteiger partial charge < -0.3 is 15.1 Å². The number of likely N-dealkylation sites (tertiary alicyclic amines) is 1. The van der Waals surface area contributed by atoms with Crippen LogP contribution in [0.25, 0.3) is 6.08 Å². The third-order valence-corrected chi connectivity index (χ3v) is 5.04. The molecule has 122 valence electrons. The van der Waals surface area contributed by atoms with E-state index in [0.717, 1.165) is 19.4 Å².